The number of ether oxygens (including phenoxy) is 2. The predicted octanol–water partition coefficient (Wildman–Crippen LogP) is 3.81. The number of guanidine groups is 1. The van der Waals surface area contributed by atoms with E-state index in [9.17, 15) is 10.1 Å². The maximum Gasteiger partial charge on any atom is 0.274 e. The van der Waals surface area contributed by atoms with Gasteiger partial charge in [0.15, 0.2) is 17.5 Å². The first-order chi connectivity index (χ1) is 12.6. The number of halogens is 1. The highest BCUT2D eigenvalue weighted by molar-refractivity contribution is 14.0. The SMILES string of the molecule is CCNC(=NCc1ccccc1[N+](=O)[O-])Nc1ccc(OC)c(OC)c1.I. The Morgan fingerprint density at radius 1 is 1.15 bits per heavy atom. The molecule has 0 fully saturated rings. The van der Waals surface area contributed by atoms with Gasteiger partial charge in [-0.05, 0) is 19.1 Å². The number of nitrogens with zero attached hydrogens (tertiary/aromatic N) is 2. The first-order valence-corrected chi connectivity index (χ1v) is 8.08. The van der Waals surface area contributed by atoms with E-state index >= 15 is 0 Å². The van der Waals surface area contributed by atoms with Gasteiger partial charge >= 0.3 is 0 Å². The molecule has 9 heteroatoms. The number of nitrogens with one attached hydrogen (secondary N) is 2. The van der Waals surface area contributed by atoms with Crippen LogP contribution in [0, 0.1) is 10.1 Å². The molecule has 0 radical (unpaired) electrons. The Morgan fingerprint density at radius 3 is 2.48 bits per heavy atom. The summed E-state index contributed by atoms with van der Waals surface area (Å²) in [5.41, 5.74) is 1.35. The van der Waals surface area contributed by atoms with Crippen molar-refractivity contribution in [1.29, 1.82) is 0 Å². The fraction of sp³-hybridized carbons (Fsp3) is 0.278. The van der Waals surface area contributed by atoms with Crippen molar-refractivity contribution < 1.29 is 14.4 Å². The van der Waals surface area contributed by atoms with E-state index in [0.29, 0.717) is 29.6 Å². The zero-order valence-corrected chi connectivity index (χ0v) is 17.7. The van der Waals surface area contributed by atoms with E-state index < -0.39 is 4.92 Å². The van der Waals surface area contributed by atoms with Gasteiger partial charge < -0.3 is 20.1 Å². The maximum absolute atomic E-state index is 11.1. The molecule has 2 N–H and O–H groups in total. The quantitative estimate of drug-likeness (QED) is 0.203. The van der Waals surface area contributed by atoms with Gasteiger partial charge in [-0.3, -0.25) is 10.1 Å². The van der Waals surface area contributed by atoms with Crippen LogP contribution in [0.15, 0.2) is 47.5 Å². The van der Waals surface area contributed by atoms with E-state index in [1.54, 1.807) is 44.6 Å². The normalized spacial score (nSPS) is 10.6. The fourth-order valence-electron chi connectivity index (χ4n) is 2.34. The molecule has 2 rings (SSSR count). The third-order valence-electron chi connectivity index (χ3n) is 3.59. The van der Waals surface area contributed by atoms with Crippen LogP contribution in [0.4, 0.5) is 11.4 Å². The molecule has 2 aromatic carbocycles. The number of hydrogen-bond acceptors (Lipinski definition) is 5. The van der Waals surface area contributed by atoms with Crippen LogP contribution in [0.2, 0.25) is 0 Å². The lowest BCUT2D eigenvalue weighted by molar-refractivity contribution is -0.385. The van der Waals surface area contributed by atoms with Crippen molar-refractivity contribution in [3.05, 3.63) is 58.1 Å². The first-order valence-electron chi connectivity index (χ1n) is 8.08. The van der Waals surface area contributed by atoms with Gasteiger partial charge in [0, 0.05) is 24.4 Å². The van der Waals surface area contributed by atoms with E-state index in [-0.39, 0.29) is 36.2 Å². The maximum atomic E-state index is 11.1. The van der Waals surface area contributed by atoms with Gasteiger partial charge in [0.2, 0.25) is 0 Å². The molecule has 0 aliphatic heterocycles. The van der Waals surface area contributed by atoms with E-state index in [1.807, 2.05) is 13.0 Å². The number of nitro groups is 1. The van der Waals surface area contributed by atoms with E-state index in [2.05, 4.69) is 15.6 Å². The van der Waals surface area contributed by atoms with Gasteiger partial charge in [-0.1, -0.05) is 18.2 Å². The summed E-state index contributed by atoms with van der Waals surface area (Å²) in [6.45, 7) is 2.77. The van der Waals surface area contributed by atoms with Gasteiger partial charge in [-0.2, -0.15) is 0 Å². The Balaban J connectivity index is 0.00000364. The third-order valence-corrected chi connectivity index (χ3v) is 3.59. The second kappa shape index (κ2) is 11.2. The van der Waals surface area contributed by atoms with Crippen LogP contribution in [-0.2, 0) is 6.54 Å². The van der Waals surface area contributed by atoms with Gasteiger partial charge in [0.05, 0.1) is 31.3 Å². The summed E-state index contributed by atoms with van der Waals surface area (Å²) in [6, 6.07) is 12.0. The molecule has 0 saturated heterocycles. The molecule has 0 heterocycles. The number of rotatable bonds is 7. The third kappa shape index (κ3) is 6.27. The van der Waals surface area contributed by atoms with Gasteiger partial charge in [0.1, 0.15) is 0 Å². The highest BCUT2D eigenvalue weighted by Crippen LogP contribution is 2.29. The largest absolute Gasteiger partial charge is 0.493 e. The number of hydrogen-bond donors (Lipinski definition) is 2. The molecule has 8 nitrogen and oxygen atoms in total. The molecule has 0 aromatic heterocycles. The topological polar surface area (TPSA) is 98.0 Å². The summed E-state index contributed by atoms with van der Waals surface area (Å²) < 4.78 is 10.5. The van der Waals surface area contributed by atoms with Crippen LogP contribution in [0.5, 0.6) is 11.5 Å². The van der Waals surface area contributed by atoms with Crippen molar-refractivity contribution >= 4 is 41.3 Å². The summed E-state index contributed by atoms with van der Waals surface area (Å²) in [4.78, 5) is 15.1. The highest BCUT2D eigenvalue weighted by atomic mass is 127. The van der Waals surface area contributed by atoms with Crippen LogP contribution >= 0.6 is 24.0 Å². The standard InChI is InChI=1S/C18H22N4O4.HI/c1-4-19-18(20-12-13-7-5-6-8-15(13)22(23)24)21-14-9-10-16(25-2)17(11-14)26-3;/h5-11H,4,12H2,1-3H3,(H2,19,20,21);1H. The fourth-order valence-corrected chi connectivity index (χ4v) is 2.34. The van der Waals surface area contributed by atoms with Gasteiger partial charge in [0.25, 0.3) is 5.69 Å². The summed E-state index contributed by atoms with van der Waals surface area (Å²) in [7, 11) is 3.14. The van der Waals surface area contributed by atoms with Crippen molar-refractivity contribution in [3.8, 4) is 11.5 Å². The number of anilines is 1. The van der Waals surface area contributed by atoms with Crippen LogP contribution in [0.3, 0.4) is 0 Å². The molecular weight excluding hydrogens is 463 g/mol. The van der Waals surface area contributed by atoms with E-state index in [0.717, 1.165) is 5.69 Å². The number of aliphatic imine (C=N–C) groups is 1. The monoisotopic (exact) mass is 486 g/mol. The molecule has 146 valence electrons. The smallest absolute Gasteiger partial charge is 0.274 e. The number of methoxy groups -OCH3 is 2. The molecule has 0 unspecified atom stereocenters. The second-order valence-electron chi connectivity index (χ2n) is 5.28. The minimum Gasteiger partial charge on any atom is -0.493 e. The van der Waals surface area contributed by atoms with Crippen LogP contribution in [0.1, 0.15) is 12.5 Å². The minimum atomic E-state index is -0.403. The Bertz CT molecular complexity index is 799. The number of para-hydroxylation sites is 1. The van der Waals surface area contributed by atoms with Crippen molar-refractivity contribution in [1.82, 2.24) is 5.32 Å². The summed E-state index contributed by atoms with van der Waals surface area (Å²) >= 11 is 0. The van der Waals surface area contributed by atoms with Crippen molar-refractivity contribution in [2.75, 3.05) is 26.1 Å². The Labute approximate surface area is 175 Å². The molecular formula is C18H23IN4O4. The van der Waals surface area contributed by atoms with Crippen molar-refractivity contribution in [2.24, 2.45) is 4.99 Å². The zero-order valence-electron chi connectivity index (χ0n) is 15.4. The van der Waals surface area contributed by atoms with Gasteiger partial charge in [-0.15, -0.1) is 24.0 Å². The van der Waals surface area contributed by atoms with Crippen molar-refractivity contribution in [3.63, 3.8) is 0 Å². The lowest BCUT2D eigenvalue weighted by atomic mass is 10.2. The van der Waals surface area contributed by atoms with Crippen LogP contribution in [-0.4, -0.2) is 31.6 Å². The van der Waals surface area contributed by atoms with Gasteiger partial charge in [-0.25, -0.2) is 4.99 Å². The molecule has 2 aromatic rings. The molecule has 0 aliphatic carbocycles. The summed E-state index contributed by atoms with van der Waals surface area (Å²) in [5.74, 6) is 1.73. The molecule has 27 heavy (non-hydrogen) atoms. The van der Waals surface area contributed by atoms with Crippen LogP contribution < -0.4 is 20.1 Å². The van der Waals surface area contributed by atoms with Crippen LogP contribution in [0.25, 0.3) is 0 Å². The zero-order chi connectivity index (χ0) is 18.9. The molecule has 0 aliphatic rings. The highest BCUT2D eigenvalue weighted by Gasteiger charge is 2.12. The molecule has 0 amide bonds. The molecule has 0 bridgehead atoms. The Kier molecular flexibility index (Phi) is 9.34. The number of nitro benzene ring substituents is 1. The summed E-state index contributed by atoms with van der Waals surface area (Å²) in [6.07, 6.45) is 0. The molecule has 0 atom stereocenters. The lowest BCUT2D eigenvalue weighted by Gasteiger charge is -2.14. The summed E-state index contributed by atoms with van der Waals surface area (Å²) in [5, 5.41) is 17.4. The minimum absolute atomic E-state index is 0. The van der Waals surface area contributed by atoms with E-state index in [1.165, 1.54) is 6.07 Å². The average molecular weight is 486 g/mol. The number of benzene rings is 2. The predicted molar refractivity (Wildman–Crippen MR) is 116 cm³/mol. The first kappa shape index (κ1) is 22.5. The second-order valence-corrected chi connectivity index (χ2v) is 5.28. The van der Waals surface area contributed by atoms with E-state index in [4.69, 9.17) is 9.47 Å². The lowest BCUT2D eigenvalue weighted by Crippen LogP contribution is -2.30. The Hall–Kier alpha value is -2.56. The Morgan fingerprint density at radius 2 is 1.85 bits per heavy atom. The van der Waals surface area contributed by atoms with Crippen molar-refractivity contribution in [2.45, 2.75) is 13.5 Å². The molecule has 0 saturated carbocycles. The average Bonchev–Trinajstić information content (AvgIpc) is 2.66. The molecule has 0 spiro atoms.